The van der Waals surface area contributed by atoms with Crippen LogP contribution in [0.1, 0.15) is 20.3 Å². The summed E-state index contributed by atoms with van der Waals surface area (Å²) in [6, 6.07) is 0. The van der Waals surface area contributed by atoms with Gasteiger partial charge in [-0.1, -0.05) is 36.8 Å². The zero-order chi connectivity index (χ0) is 9.19. The second-order valence-corrected chi connectivity index (χ2v) is 4.11. The fraction of sp³-hybridized carbons (Fsp3) is 0.455. The maximum absolute atomic E-state index is 6.42. The molecule has 0 saturated carbocycles. The Kier molecular flexibility index (Phi) is 2.79. The molecule has 1 aliphatic carbocycles. The molecule has 1 aliphatic rings. The van der Waals surface area contributed by atoms with Gasteiger partial charge in [0.15, 0.2) is 0 Å². The van der Waals surface area contributed by atoms with Gasteiger partial charge >= 0.3 is 0 Å². The number of allylic oxidation sites excluding steroid dienone is 5. The normalized spacial score (nSPS) is 34.6. The van der Waals surface area contributed by atoms with E-state index < -0.39 is 0 Å². The molecule has 0 aliphatic heterocycles. The lowest BCUT2D eigenvalue weighted by Gasteiger charge is -2.32. The first-order valence-corrected chi connectivity index (χ1v) is 4.64. The second-order valence-electron chi connectivity index (χ2n) is 3.41. The summed E-state index contributed by atoms with van der Waals surface area (Å²) in [4.78, 5) is -0.236. The van der Waals surface area contributed by atoms with Gasteiger partial charge in [-0.2, -0.15) is 0 Å². The highest BCUT2D eigenvalue weighted by Gasteiger charge is 2.32. The zero-order valence-corrected chi connectivity index (χ0v) is 8.43. The van der Waals surface area contributed by atoms with Crippen molar-refractivity contribution >= 4 is 11.6 Å². The van der Waals surface area contributed by atoms with Crippen molar-refractivity contribution in [1.82, 2.24) is 0 Å². The molecule has 0 spiro atoms. The molecule has 0 aromatic heterocycles. The predicted molar refractivity (Wildman–Crippen MR) is 55.5 cm³/mol. The minimum atomic E-state index is -0.236. The highest BCUT2D eigenvalue weighted by atomic mass is 35.5. The van der Waals surface area contributed by atoms with Gasteiger partial charge in [0.05, 0.1) is 4.87 Å². The monoisotopic (exact) mass is 182 g/mol. The second kappa shape index (κ2) is 3.49. The van der Waals surface area contributed by atoms with E-state index in [2.05, 4.69) is 32.6 Å². The van der Waals surface area contributed by atoms with Gasteiger partial charge in [0.1, 0.15) is 0 Å². The van der Waals surface area contributed by atoms with Gasteiger partial charge in [-0.05, 0) is 13.3 Å². The number of hydrogen-bond acceptors (Lipinski definition) is 0. The van der Waals surface area contributed by atoms with E-state index in [0.29, 0.717) is 5.92 Å². The summed E-state index contributed by atoms with van der Waals surface area (Å²) in [6.45, 7) is 8.00. The van der Waals surface area contributed by atoms with Crippen LogP contribution in [0.15, 0.2) is 36.5 Å². The van der Waals surface area contributed by atoms with E-state index in [-0.39, 0.29) is 4.87 Å². The molecule has 0 saturated heterocycles. The number of halogens is 1. The van der Waals surface area contributed by atoms with Gasteiger partial charge in [-0.15, -0.1) is 18.2 Å². The first-order valence-electron chi connectivity index (χ1n) is 4.26. The average molecular weight is 183 g/mol. The average Bonchev–Trinajstić information content (AvgIpc) is 2.01. The standard InChI is InChI=1S/C11H15Cl/c1-4-7-11(12)8-5-6-9(2)10(11)3/h4-6,8,10H,1,7H2,2-3H3. The first kappa shape index (κ1) is 9.60. The van der Waals surface area contributed by atoms with E-state index in [1.807, 2.05) is 12.2 Å². The molecule has 1 heteroatoms. The fourth-order valence-corrected chi connectivity index (χ4v) is 1.85. The van der Waals surface area contributed by atoms with Crippen LogP contribution in [-0.2, 0) is 0 Å². The highest BCUT2D eigenvalue weighted by molar-refractivity contribution is 6.25. The van der Waals surface area contributed by atoms with E-state index in [1.54, 1.807) is 0 Å². The van der Waals surface area contributed by atoms with Crippen molar-refractivity contribution in [2.45, 2.75) is 25.1 Å². The van der Waals surface area contributed by atoms with Gasteiger partial charge in [-0.25, -0.2) is 0 Å². The van der Waals surface area contributed by atoms with Crippen molar-refractivity contribution in [3.63, 3.8) is 0 Å². The summed E-state index contributed by atoms with van der Waals surface area (Å²) in [5, 5.41) is 0. The Bertz CT molecular complexity index is 237. The van der Waals surface area contributed by atoms with Crippen LogP contribution < -0.4 is 0 Å². The van der Waals surface area contributed by atoms with E-state index >= 15 is 0 Å². The lowest BCUT2D eigenvalue weighted by atomic mass is 9.81. The summed E-state index contributed by atoms with van der Waals surface area (Å²) in [6.07, 6.45) is 8.93. The summed E-state index contributed by atoms with van der Waals surface area (Å²) >= 11 is 6.42. The van der Waals surface area contributed by atoms with Gasteiger partial charge in [0.2, 0.25) is 0 Å². The lowest BCUT2D eigenvalue weighted by Crippen LogP contribution is -2.29. The predicted octanol–water partition coefficient (Wildman–Crippen LogP) is 3.69. The van der Waals surface area contributed by atoms with Crippen LogP contribution in [0.25, 0.3) is 0 Å². The van der Waals surface area contributed by atoms with E-state index in [9.17, 15) is 0 Å². The van der Waals surface area contributed by atoms with Crippen LogP contribution >= 0.6 is 11.6 Å². The van der Waals surface area contributed by atoms with Crippen molar-refractivity contribution in [2.24, 2.45) is 5.92 Å². The maximum Gasteiger partial charge on any atom is 0.0725 e. The van der Waals surface area contributed by atoms with Crippen molar-refractivity contribution in [2.75, 3.05) is 0 Å². The van der Waals surface area contributed by atoms with Crippen molar-refractivity contribution in [3.05, 3.63) is 36.5 Å². The summed E-state index contributed by atoms with van der Waals surface area (Å²) in [5.74, 6) is 0.405. The van der Waals surface area contributed by atoms with Gasteiger partial charge in [0, 0.05) is 5.92 Å². The highest BCUT2D eigenvalue weighted by Crippen LogP contribution is 2.38. The first-order chi connectivity index (χ1) is 5.60. The molecule has 0 radical (unpaired) electrons. The molecule has 0 bridgehead atoms. The van der Waals surface area contributed by atoms with E-state index in [1.165, 1.54) is 5.57 Å². The number of hydrogen-bond donors (Lipinski definition) is 0. The quantitative estimate of drug-likeness (QED) is 0.452. The Morgan fingerprint density at radius 2 is 2.42 bits per heavy atom. The van der Waals surface area contributed by atoms with Crippen molar-refractivity contribution in [1.29, 1.82) is 0 Å². The molecular weight excluding hydrogens is 168 g/mol. The third kappa shape index (κ3) is 1.64. The number of alkyl halides is 1. The van der Waals surface area contributed by atoms with Crippen molar-refractivity contribution < 1.29 is 0 Å². The van der Waals surface area contributed by atoms with Crippen LogP contribution in [0.4, 0.5) is 0 Å². The van der Waals surface area contributed by atoms with Crippen molar-refractivity contribution in [3.8, 4) is 0 Å². The zero-order valence-electron chi connectivity index (χ0n) is 7.68. The van der Waals surface area contributed by atoms with Crippen LogP contribution in [0.5, 0.6) is 0 Å². The van der Waals surface area contributed by atoms with Gasteiger partial charge in [-0.3, -0.25) is 0 Å². The lowest BCUT2D eigenvalue weighted by molar-refractivity contribution is 0.523. The Balaban J connectivity index is 2.87. The Labute approximate surface area is 79.6 Å². The van der Waals surface area contributed by atoms with Crippen LogP contribution in [-0.4, -0.2) is 4.87 Å². The maximum atomic E-state index is 6.42. The topological polar surface area (TPSA) is 0 Å². The molecule has 1 rings (SSSR count). The largest absolute Gasteiger partial charge is 0.114 e. The molecule has 0 amide bonds. The summed E-state index contributed by atoms with van der Waals surface area (Å²) in [5.41, 5.74) is 1.34. The molecule has 0 aromatic carbocycles. The Hall–Kier alpha value is -0.490. The SMILES string of the molecule is C=CCC1(Cl)C=CC=C(C)C1C. The Morgan fingerprint density at radius 1 is 1.75 bits per heavy atom. The third-order valence-corrected chi connectivity index (χ3v) is 3.20. The fourth-order valence-electron chi connectivity index (χ4n) is 1.49. The smallest absolute Gasteiger partial charge is 0.0725 e. The van der Waals surface area contributed by atoms with Gasteiger partial charge in [0.25, 0.3) is 0 Å². The van der Waals surface area contributed by atoms with Crippen LogP contribution in [0.2, 0.25) is 0 Å². The van der Waals surface area contributed by atoms with E-state index in [0.717, 1.165) is 6.42 Å². The van der Waals surface area contributed by atoms with Gasteiger partial charge < -0.3 is 0 Å². The molecule has 0 nitrogen and oxygen atoms in total. The molecule has 0 aromatic rings. The van der Waals surface area contributed by atoms with E-state index in [4.69, 9.17) is 11.6 Å². The summed E-state index contributed by atoms with van der Waals surface area (Å²) in [7, 11) is 0. The minimum absolute atomic E-state index is 0.236. The van der Waals surface area contributed by atoms with Crippen LogP contribution in [0.3, 0.4) is 0 Å². The number of rotatable bonds is 2. The molecule has 0 heterocycles. The molecule has 12 heavy (non-hydrogen) atoms. The molecule has 0 N–H and O–H groups in total. The third-order valence-electron chi connectivity index (χ3n) is 2.59. The molecule has 66 valence electrons. The molecule has 2 atom stereocenters. The summed E-state index contributed by atoms with van der Waals surface area (Å²) < 4.78 is 0. The minimum Gasteiger partial charge on any atom is -0.114 e. The molecular formula is C11H15Cl. The Morgan fingerprint density at radius 3 is 3.00 bits per heavy atom. The van der Waals surface area contributed by atoms with Crippen LogP contribution in [0, 0.1) is 5.92 Å². The molecule has 2 unspecified atom stereocenters. The molecule has 0 fully saturated rings.